The molecule has 396 valence electrons. The van der Waals surface area contributed by atoms with Crippen LogP contribution in [0.3, 0.4) is 0 Å². The molecule has 5 unspecified atom stereocenters. The number of phosphoric acid groups is 2. The smallest absolute Gasteiger partial charge is 0.462 e. The Morgan fingerprint density at radius 1 is 0.515 bits per heavy atom. The maximum atomic E-state index is 12.8. The van der Waals surface area contributed by atoms with E-state index in [9.17, 15) is 49.1 Å². The lowest BCUT2D eigenvalue weighted by molar-refractivity contribution is -0.216. The van der Waals surface area contributed by atoms with E-state index in [1.807, 2.05) is 0 Å². The summed E-state index contributed by atoms with van der Waals surface area (Å²) in [6.45, 7) is 2.32. The van der Waals surface area contributed by atoms with Gasteiger partial charge in [0, 0.05) is 12.8 Å². The topological polar surface area (TPSA) is 285 Å². The normalized spacial score (nSPS) is 22.1. The number of aliphatic hydroxyl groups is 5. The number of phosphoric ester groups is 2. The second-order valence-corrected chi connectivity index (χ2v) is 19.9. The third kappa shape index (κ3) is 33.5. The molecule has 0 spiro atoms. The van der Waals surface area contributed by atoms with E-state index in [1.54, 1.807) is 0 Å². The van der Waals surface area contributed by atoms with E-state index in [0.29, 0.717) is 12.8 Å². The molecule has 0 radical (unpaired) electrons. The van der Waals surface area contributed by atoms with E-state index < -0.39 is 89.6 Å². The summed E-state index contributed by atoms with van der Waals surface area (Å²) in [5.41, 5.74) is 0. The third-order valence-electron chi connectivity index (χ3n) is 11.0. The van der Waals surface area contributed by atoms with E-state index in [0.717, 1.165) is 70.6 Å². The molecule has 0 saturated heterocycles. The fourth-order valence-electron chi connectivity index (χ4n) is 7.12. The van der Waals surface area contributed by atoms with Crippen LogP contribution in [0.5, 0.6) is 0 Å². The van der Waals surface area contributed by atoms with E-state index >= 15 is 0 Å². The van der Waals surface area contributed by atoms with Gasteiger partial charge < -0.3 is 54.4 Å². The monoisotopic (exact) mass is 1010 g/mol. The molecule has 20 heteroatoms. The average molecular weight is 1010 g/mol. The van der Waals surface area contributed by atoms with Gasteiger partial charge in [0.1, 0.15) is 49.3 Å². The number of aliphatic hydroxyl groups excluding tert-OH is 5. The van der Waals surface area contributed by atoms with E-state index in [-0.39, 0.29) is 26.1 Å². The van der Waals surface area contributed by atoms with Gasteiger partial charge in [-0.2, -0.15) is 0 Å². The number of carbonyl (C=O) groups is 2. The fourth-order valence-corrected chi connectivity index (χ4v) is 8.66. The Kier molecular flexibility index (Phi) is 37.1. The molecule has 1 rings (SSSR count). The molecule has 1 saturated carbocycles. The van der Waals surface area contributed by atoms with Crippen LogP contribution in [0.2, 0.25) is 0 Å². The zero-order valence-electron chi connectivity index (χ0n) is 40.6. The number of carbonyl (C=O) groups excluding carboxylic acids is 2. The second kappa shape index (κ2) is 39.5. The fraction of sp³-hybridized carbons (Fsp3) is 0.792. The minimum absolute atomic E-state index is 0.104. The van der Waals surface area contributed by atoms with Crippen molar-refractivity contribution in [2.45, 2.75) is 217 Å². The third-order valence-corrected chi connectivity index (χ3v) is 12.5. The summed E-state index contributed by atoms with van der Waals surface area (Å²) < 4.78 is 54.2. The van der Waals surface area contributed by atoms with Crippen LogP contribution < -0.4 is 0 Å². The molecule has 0 heterocycles. The number of allylic oxidation sites excluding steroid dienone is 8. The summed E-state index contributed by atoms with van der Waals surface area (Å²) in [4.78, 5) is 53.8. The Hall–Kier alpha value is -2.12. The van der Waals surface area contributed by atoms with Crippen LogP contribution in [0.15, 0.2) is 48.6 Å². The van der Waals surface area contributed by atoms with Gasteiger partial charge in [-0.15, -0.1) is 0 Å². The number of unbranched alkanes of at least 4 members (excludes halogenated alkanes) is 16. The van der Waals surface area contributed by atoms with Gasteiger partial charge in [-0.25, -0.2) is 9.13 Å². The molecule has 8 N–H and O–H groups in total. The predicted molar refractivity (Wildman–Crippen MR) is 258 cm³/mol. The Labute approximate surface area is 405 Å². The number of ether oxygens (including phenoxy) is 3. The highest BCUT2D eigenvalue weighted by Gasteiger charge is 2.54. The molecule has 0 aliphatic heterocycles. The van der Waals surface area contributed by atoms with Crippen molar-refractivity contribution in [1.29, 1.82) is 0 Å². The average Bonchev–Trinajstić information content (AvgIpc) is 3.29. The zero-order chi connectivity index (χ0) is 50.5. The van der Waals surface area contributed by atoms with Crippen LogP contribution >= 0.6 is 15.6 Å². The summed E-state index contributed by atoms with van der Waals surface area (Å²) in [7, 11) is -10.6. The minimum atomic E-state index is -5.37. The van der Waals surface area contributed by atoms with Crippen molar-refractivity contribution < 1.29 is 86.7 Å². The first kappa shape index (κ1) is 63.9. The largest absolute Gasteiger partial charge is 0.472 e. The molecule has 0 aromatic carbocycles. The van der Waals surface area contributed by atoms with E-state index in [4.69, 9.17) is 33.0 Å². The maximum absolute atomic E-state index is 12.8. The first-order valence-electron chi connectivity index (χ1n) is 24.8. The lowest BCUT2D eigenvalue weighted by Crippen LogP contribution is -2.64. The highest BCUT2D eigenvalue weighted by Crippen LogP contribution is 2.48. The molecule has 0 amide bonds. The predicted octanol–water partition coefficient (Wildman–Crippen LogP) is 7.88. The van der Waals surface area contributed by atoms with Crippen LogP contribution in [0.4, 0.5) is 0 Å². The molecule has 1 aliphatic rings. The molecule has 9 atom stereocenters. The van der Waals surface area contributed by atoms with E-state index in [1.165, 1.54) is 57.8 Å². The number of hydrogen-bond acceptors (Lipinski definition) is 15. The van der Waals surface area contributed by atoms with Crippen LogP contribution in [-0.2, 0) is 46.5 Å². The van der Waals surface area contributed by atoms with Crippen molar-refractivity contribution in [3.8, 4) is 0 Å². The Morgan fingerprint density at radius 3 is 1.53 bits per heavy atom. The van der Waals surface area contributed by atoms with Gasteiger partial charge in [0.05, 0.1) is 19.8 Å². The standard InChI is InChI=1S/C48H86O18P2/c1-3-5-7-9-11-13-15-17-19-21-23-25-27-29-31-33-41(50)62-38-40(64-42(51)34-32-30-28-26-24-22-20-18-16-14-12-10-8-6-4-2)37-61-35-39(49)36-63-68(59,60)66-48-45(54)43(52)44(53)47(46(48)55)65-67(56,57)58/h12,14,17-20,24,26,39-40,43-49,52-55H,3-11,13,15-16,21-23,25,27-38H2,1-2H3,(H,59,60)(H2,56,57,58)/t39-,40+,43?,44?,45?,46?,47-,48+/m1/s1. The first-order chi connectivity index (χ1) is 32.5. The van der Waals surface area contributed by atoms with Crippen LogP contribution in [-0.4, -0.2) is 127 Å². The van der Waals surface area contributed by atoms with Crippen molar-refractivity contribution in [3.05, 3.63) is 48.6 Å². The lowest BCUT2D eigenvalue weighted by Gasteiger charge is -2.43. The summed E-state index contributed by atoms with van der Waals surface area (Å²) in [5.74, 6) is -1.01. The molecule has 1 aliphatic carbocycles. The van der Waals surface area contributed by atoms with Crippen LogP contribution in [0, 0.1) is 0 Å². The first-order valence-corrected chi connectivity index (χ1v) is 27.9. The molecular weight excluding hydrogens is 926 g/mol. The number of hydrogen-bond donors (Lipinski definition) is 8. The van der Waals surface area contributed by atoms with Crippen molar-refractivity contribution in [3.63, 3.8) is 0 Å². The molecule has 0 aromatic rings. The lowest BCUT2D eigenvalue weighted by atomic mass is 9.85. The summed E-state index contributed by atoms with van der Waals surface area (Å²) >= 11 is 0. The Balaban J connectivity index is 2.60. The van der Waals surface area contributed by atoms with Crippen LogP contribution in [0.1, 0.15) is 168 Å². The van der Waals surface area contributed by atoms with Gasteiger partial charge in [0.25, 0.3) is 0 Å². The highest BCUT2D eigenvalue weighted by atomic mass is 31.2. The van der Waals surface area contributed by atoms with Gasteiger partial charge >= 0.3 is 27.6 Å². The SMILES string of the molecule is CCCCCC=CCC=CCC=CCCCCC(=O)O[C@@H](COC[C@@H](O)COP(=O)(O)O[C@H]1C(O)C(O)C(O)[C@@H](OP(=O)(O)O)C1O)COC(=O)CCCCCCCC=CCCCCCCCC. The quantitative estimate of drug-likeness (QED) is 0.0125. The Bertz CT molecular complexity index is 1520. The van der Waals surface area contributed by atoms with Crippen LogP contribution in [0.25, 0.3) is 0 Å². The van der Waals surface area contributed by atoms with Crippen molar-refractivity contribution in [2.24, 2.45) is 0 Å². The molecule has 0 aromatic heterocycles. The minimum Gasteiger partial charge on any atom is -0.462 e. The zero-order valence-corrected chi connectivity index (χ0v) is 42.4. The van der Waals surface area contributed by atoms with Gasteiger partial charge in [-0.3, -0.25) is 23.2 Å². The molecule has 68 heavy (non-hydrogen) atoms. The van der Waals surface area contributed by atoms with Gasteiger partial charge in [0.15, 0.2) is 6.10 Å². The molecular formula is C48H86O18P2. The number of esters is 2. The summed E-state index contributed by atoms with van der Waals surface area (Å²) in [6, 6.07) is 0. The summed E-state index contributed by atoms with van der Waals surface area (Å²) in [5, 5.41) is 51.2. The summed E-state index contributed by atoms with van der Waals surface area (Å²) in [6.07, 6.45) is 24.7. The maximum Gasteiger partial charge on any atom is 0.472 e. The van der Waals surface area contributed by atoms with Gasteiger partial charge in [-0.05, 0) is 77.0 Å². The molecule has 1 fully saturated rings. The number of rotatable bonds is 42. The van der Waals surface area contributed by atoms with E-state index in [2.05, 4.69) is 67.0 Å². The highest BCUT2D eigenvalue weighted by molar-refractivity contribution is 7.47. The Morgan fingerprint density at radius 2 is 0.956 bits per heavy atom. The van der Waals surface area contributed by atoms with Crippen molar-refractivity contribution in [1.82, 2.24) is 0 Å². The van der Waals surface area contributed by atoms with Crippen molar-refractivity contribution >= 4 is 27.6 Å². The molecule has 18 nitrogen and oxygen atoms in total. The van der Waals surface area contributed by atoms with Crippen molar-refractivity contribution in [2.75, 3.05) is 26.4 Å². The molecule has 0 bridgehead atoms. The van der Waals surface area contributed by atoms with Gasteiger partial charge in [0.2, 0.25) is 0 Å². The van der Waals surface area contributed by atoms with Gasteiger partial charge in [-0.1, -0.05) is 127 Å². The second-order valence-electron chi connectivity index (χ2n) is 17.3.